The first-order valence-corrected chi connectivity index (χ1v) is 6.55. The van der Waals surface area contributed by atoms with E-state index in [-0.39, 0.29) is 0 Å². The van der Waals surface area contributed by atoms with Crippen molar-refractivity contribution in [3.8, 4) is 0 Å². The van der Waals surface area contributed by atoms with Gasteiger partial charge in [-0.05, 0) is 0 Å². The van der Waals surface area contributed by atoms with Gasteiger partial charge < -0.3 is 0 Å². The van der Waals surface area contributed by atoms with Crippen molar-refractivity contribution in [2.45, 2.75) is 9.92 Å². The Balaban J connectivity index is 2.04. The highest BCUT2D eigenvalue weighted by molar-refractivity contribution is 7.99. The van der Waals surface area contributed by atoms with Gasteiger partial charge in [-0.25, -0.2) is 4.98 Å². The third kappa shape index (κ3) is 1.77. The molecule has 0 spiro atoms. The van der Waals surface area contributed by atoms with Crippen molar-refractivity contribution < 1.29 is 4.79 Å². The number of nitrogens with zero attached hydrogens (tertiary/aromatic N) is 4. The molecule has 0 amide bonds. The smallest absolute Gasteiger partial charge is 0.195 e. The maximum absolute atomic E-state index is 11.1. The molecular weight excluding hydrogens is 256 g/mol. The standard InChI is InChI=1S/C10H8N4OS2/c1-13-5-7(4-11-13)17-9-8(6-15)14-2-3-16-10(14)12-9/h2-6H,1H3. The molecule has 0 saturated heterocycles. The number of carbonyl (C=O) groups excluding carboxylic acids is 1. The number of rotatable bonds is 3. The molecule has 0 aliphatic rings. The number of hydrogen-bond donors (Lipinski definition) is 0. The third-order valence-corrected chi connectivity index (χ3v) is 3.97. The molecule has 3 rings (SSSR count). The Hall–Kier alpha value is -1.60. The minimum atomic E-state index is 0.593. The van der Waals surface area contributed by atoms with E-state index in [1.165, 1.54) is 23.1 Å². The lowest BCUT2D eigenvalue weighted by molar-refractivity contribution is 0.111. The number of aryl methyl sites for hydroxylation is 1. The van der Waals surface area contributed by atoms with E-state index in [1.54, 1.807) is 15.3 Å². The molecule has 3 heterocycles. The van der Waals surface area contributed by atoms with Gasteiger partial charge in [-0.2, -0.15) is 5.10 Å². The molecule has 3 aromatic rings. The molecule has 0 aromatic carbocycles. The van der Waals surface area contributed by atoms with Crippen molar-refractivity contribution in [2.24, 2.45) is 7.05 Å². The van der Waals surface area contributed by atoms with E-state index in [4.69, 9.17) is 0 Å². The average Bonchev–Trinajstić information content (AvgIpc) is 2.95. The van der Waals surface area contributed by atoms with Crippen LogP contribution in [0.2, 0.25) is 0 Å². The van der Waals surface area contributed by atoms with E-state index in [0.717, 1.165) is 21.2 Å². The number of aromatic nitrogens is 4. The van der Waals surface area contributed by atoms with Crippen molar-refractivity contribution in [3.05, 3.63) is 29.7 Å². The first kappa shape index (κ1) is 10.5. The van der Waals surface area contributed by atoms with E-state index in [0.29, 0.717) is 5.69 Å². The molecule has 0 aliphatic heterocycles. The fourth-order valence-corrected chi connectivity index (χ4v) is 3.22. The highest BCUT2D eigenvalue weighted by Gasteiger charge is 2.14. The normalized spacial score (nSPS) is 11.1. The van der Waals surface area contributed by atoms with Crippen molar-refractivity contribution in [1.82, 2.24) is 19.2 Å². The third-order valence-electron chi connectivity index (χ3n) is 2.27. The van der Waals surface area contributed by atoms with Crippen LogP contribution in [0.15, 0.2) is 33.9 Å². The summed E-state index contributed by atoms with van der Waals surface area (Å²) in [6.07, 6.45) is 6.34. The van der Waals surface area contributed by atoms with Gasteiger partial charge in [-0.3, -0.25) is 13.9 Å². The molecular formula is C10H8N4OS2. The van der Waals surface area contributed by atoms with Gasteiger partial charge >= 0.3 is 0 Å². The van der Waals surface area contributed by atoms with Gasteiger partial charge in [-0.1, -0.05) is 11.8 Å². The van der Waals surface area contributed by atoms with Crippen LogP contribution in [0.3, 0.4) is 0 Å². The largest absolute Gasteiger partial charge is 0.296 e. The topological polar surface area (TPSA) is 52.2 Å². The zero-order valence-corrected chi connectivity index (χ0v) is 10.5. The second kappa shape index (κ2) is 4.01. The van der Waals surface area contributed by atoms with E-state index < -0.39 is 0 Å². The quantitative estimate of drug-likeness (QED) is 0.680. The summed E-state index contributed by atoms with van der Waals surface area (Å²) in [6.45, 7) is 0. The molecule has 5 nitrogen and oxygen atoms in total. The molecule has 3 aromatic heterocycles. The number of thiazole rings is 1. The van der Waals surface area contributed by atoms with Gasteiger partial charge in [0, 0.05) is 24.8 Å². The lowest BCUT2D eigenvalue weighted by atomic mass is 10.5. The minimum absolute atomic E-state index is 0.593. The van der Waals surface area contributed by atoms with E-state index in [2.05, 4.69) is 10.1 Å². The second-order valence-corrected chi connectivity index (χ2v) is 5.36. The Morgan fingerprint density at radius 1 is 1.53 bits per heavy atom. The lowest BCUT2D eigenvalue weighted by Crippen LogP contribution is -1.88. The molecule has 0 atom stereocenters. The van der Waals surface area contributed by atoms with Crippen LogP contribution < -0.4 is 0 Å². The first-order chi connectivity index (χ1) is 8.28. The predicted octanol–water partition coefficient (Wildman–Crippen LogP) is 2.09. The molecule has 0 unspecified atom stereocenters. The summed E-state index contributed by atoms with van der Waals surface area (Å²) < 4.78 is 3.53. The monoisotopic (exact) mass is 264 g/mol. The Kier molecular flexibility index (Phi) is 2.49. The molecule has 86 valence electrons. The van der Waals surface area contributed by atoms with Crippen LogP contribution in [0, 0.1) is 0 Å². The second-order valence-electron chi connectivity index (χ2n) is 3.43. The summed E-state index contributed by atoms with van der Waals surface area (Å²) in [5.41, 5.74) is 0.593. The van der Waals surface area contributed by atoms with Crippen molar-refractivity contribution in [1.29, 1.82) is 0 Å². The van der Waals surface area contributed by atoms with Gasteiger partial charge in [0.05, 0.1) is 11.1 Å². The summed E-state index contributed by atoms with van der Waals surface area (Å²) in [6, 6.07) is 0. The lowest BCUT2D eigenvalue weighted by Gasteiger charge is -1.93. The average molecular weight is 264 g/mol. The number of carbonyl (C=O) groups is 1. The zero-order valence-electron chi connectivity index (χ0n) is 8.90. The van der Waals surface area contributed by atoms with Crippen LogP contribution in [0.1, 0.15) is 10.5 Å². The fourth-order valence-electron chi connectivity index (χ4n) is 1.53. The van der Waals surface area contributed by atoms with Gasteiger partial charge in [0.1, 0.15) is 10.7 Å². The number of imidazole rings is 1. The highest BCUT2D eigenvalue weighted by atomic mass is 32.2. The van der Waals surface area contributed by atoms with Gasteiger partial charge in [0.2, 0.25) is 0 Å². The summed E-state index contributed by atoms with van der Waals surface area (Å²) >= 11 is 2.96. The number of aldehydes is 1. The molecule has 0 bridgehead atoms. The first-order valence-electron chi connectivity index (χ1n) is 4.85. The van der Waals surface area contributed by atoms with E-state index in [9.17, 15) is 4.79 Å². The van der Waals surface area contributed by atoms with E-state index in [1.807, 2.05) is 24.8 Å². The summed E-state index contributed by atoms with van der Waals surface area (Å²) in [4.78, 5) is 17.3. The maximum Gasteiger partial charge on any atom is 0.195 e. The molecule has 0 saturated carbocycles. The Labute approximate surface area is 105 Å². The maximum atomic E-state index is 11.1. The van der Waals surface area contributed by atoms with Crippen LogP contribution in [-0.4, -0.2) is 25.5 Å². The van der Waals surface area contributed by atoms with Crippen LogP contribution in [0.25, 0.3) is 4.96 Å². The van der Waals surface area contributed by atoms with E-state index >= 15 is 0 Å². The van der Waals surface area contributed by atoms with Gasteiger partial charge in [-0.15, -0.1) is 11.3 Å². The van der Waals surface area contributed by atoms with Gasteiger partial charge in [0.25, 0.3) is 0 Å². The Morgan fingerprint density at radius 2 is 2.41 bits per heavy atom. The Bertz CT molecular complexity index is 681. The van der Waals surface area contributed by atoms with Crippen molar-refractivity contribution in [2.75, 3.05) is 0 Å². The molecule has 0 fully saturated rings. The predicted molar refractivity (Wildman–Crippen MR) is 65.8 cm³/mol. The van der Waals surface area contributed by atoms with Crippen LogP contribution in [0.4, 0.5) is 0 Å². The summed E-state index contributed by atoms with van der Waals surface area (Å²) in [7, 11) is 1.86. The molecule has 0 N–H and O–H groups in total. The van der Waals surface area contributed by atoms with Crippen LogP contribution in [-0.2, 0) is 7.05 Å². The number of fused-ring (bicyclic) bond motifs is 1. The molecule has 0 aliphatic carbocycles. The van der Waals surface area contributed by atoms with Gasteiger partial charge in [0.15, 0.2) is 11.2 Å². The summed E-state index contributed by atoms with van der Waals surface area (Å²) in [5.74, 6) is 0. The molecule has 17 heavy (non-hydrogen) atoms. The van der Waals surface area contributed by atoms with Crippen molar-refractivity contribution in [3.63, 3.8) is 0 Å². The zero-order chi connectivity index (χ0) is 11.8. The number of hydrogen-bond acceptors (Lipinski definition) is 5. The minimum Gasteiger partial charge on any atom is -0.296 e. The van der Waals surface area contributed by atoms with Crippen LogP contribution in [0.5, 0.6) is 0 Å². The molecule has 7 heteroatoms. The van der Waals surface area contributed by atoms with Crippen molar-refractivity contribution >= 4 is 34.3 Å². The highest BCUT2D eigenvalue weighted by Crippen LogP contribution is 2.30. The fraction of sp³-hybridized carbons (Fsp3) is 0.100. The molecule has 0 radical (unpaired) electrons. The van der Waals surface area contributed by atoms with Crippen LogP contribution >= 0.6 is 23.1 Å². The Morgan fingerprint density at radius 3 is 3.12 bits per heavy atom. The SMILES string of the molecule is Cn1cc(Sc2nc3sccn3c2C=O)cn1. The summed E-state index contributed by atoms with van der Waals surface area (Å²) in [5, 5.41) is 6.72.